The number of anilines is 3. The average Bonchev–Trinajstić information content (AvgIpc) is 3.02. The maximum atomic E-state index is 14.4. The van der Waals surface area contributed by atoms with Crippen molar-refractivity contribution in [3.05, 3.63) is 162 Å². The van der Waals surface area contributed by atoms with Crippen LogP contribution in [0.15, 0.2) is 127 Å². The predicted molar refractivity (Wildman–Crippen MR) is 157 cm³/mol. The molecule has 212 valence electrons. The Morgan fingerprint density at radius 1 is 0.302 bits per heavy atom. The minimum Gasteiger partial charge on any atom is -0.311 e. The van der Waals surface area contributed by atoms with E-state index in [-0.39, 0.29) is 16.7 Å². The van der Waals surface area contributed by atoms with Crippen LogP contribution in [0, 0.1) is 34.9 Å². The Kier molecular flexibility index (Phi) is 7.47. The Bertz CT molecular complexity index is 1690. The van der Waals surface area contributed by atoms with Crippen LogP contribution in [0.25, 0.3) is 33.4 Å². The lowest BCUT2D eigenvalue weighted by atomic mass is 10.0. The molecule has 7 heteroatoms. The SMILES string of the molecule is Fc1ccc(F)c(-c2ccc(N(c3ccc(-c4cc(F)ccc4F)cc3)c3ccc(-c4cc(F)ccc4F)cc3)cc2)c1. The van der Waals surface area contributed by atoms with Gasteiger partial charge in [-0.1, -0.05) is 36.4 Å². The van der Waals surface area contributed by atoms with E-state index in [0.29, 0.717) is 33.8 Å². The van der Waals surface area contributed by atoms with Gasteiger partial charge in [-0.25, -0.2) is 26.3 Å². The van der Waals surface area contributed by atoms with Crippen LogP contribution in [0.2, 0.25) is 0 Å². The van der Waals surface area contributed by atoms with Gasteiger partial charge in [0.1, 0.15) is 34.9 Å². The molecule has 0 aromatic heterocycles. The first-order valence-electron chi connectivity index (χ1n) is 13.2. The van der Waals surface area contributed by atoms with Gasteiger partial charge in [0.05, 0.1) is 0 Å². The van der Waals surface area contributed by atoms with Crippen molar-refractivity contribution >= 4 is 17.1 Å². The second kappa shape index (κ2) is 11.5. The molecule has 0 N–H and O–H groups in total. The van der Waals surface area contributed by atoms with Crippen LogP contribution >= 0.6 is 0 Å². The van der Waals surface area contributed by atoms with E-state index in [2.05, 4.69) is 0 Å². The molecule has 0 heterocycles. The molecule has 0 atom stereocenters. The highest BCUT2D eigenvalue weighted by Crippen LogP contribution is 2.38. The maximum Gasteiger partial charge on any atom is 0.131 e. The van der Waals surface area contributed by atoms with E-state index >= 15 is 0 Å². The first-order chi connectivity index (χ1) is 20.8. The summed E-state index contributed by atoms with van der Waals surface area (Å²) in [4.78, 5) is 1.85. The summed E-state index contributed by atoms with van der Waals surface area (Å²) in [6, 6.07) is 30.1. The summed E-state index contributed by atoms with van der Waals surface area (Å²) in [6.07, 6.45) is 0. The molecule has 6 aromatic rings. The molecule has 0 radical (unpaired) electrons. The molecule has 43 heavy (non-hydrogen) atoms. The van der Waals surface area contributed by atoms with Gasteiger partial charge in [-0.3, -0.25) is 0 Å². The molecule has 0 aliphatic carbocycles. The highest BCUT2D eigenvalue weighted by atomic mass is 19.1. The molecule has 0 fully saturated rings. The molecule has 0 saturated heterocycles. The Hall–Kier alpha value is -5.30. The lowest BCUT2D eigenvalue weighted by Gasteiger charge is -2.26. The van der Waals surface area contributed by atoms with Crippen molar-refractivity contribution < 1.29 is 26.3 Å². The molecule has 6 rings (SSSR count). The number of halogens is 6. The number of benzene rings is 6. The summed E-state index contributed by atoms with van der Waals surface area (Å²) >= 11 is 0. The second-order valence-corrected chi connectivity index (χ2v) is 9.85. The molecule has 0 bridgehead atoms. The second-order valence-electron chi connectivity index (χ2n) is 9.85. The molecular weight excluding hydrogens is 560 g/mol. The van der Waals surface area contributed by atoms with Crippen LogP contribution in [-0.4, -0.2) is 0 Å². The molecule has 0 unspecified atom stereocenters. The molecule has 0 amide bonds. The van der Waals surface area contributed by atoms with Gasteiger partial charge in [0.2, 0.25) is 0 Å². The fourth-order valence-corrected chi connectivity index (χ4v) is 4.97. The van der Waals surface area contributed by atoms with Crippen molar-refractivity contribution in [2.45, 2.75) is 0 Å². The first kappa shape index (κ1) is 27.8. The van der Waals surface area contributed by atoms with Crippen molar-refractivity contribution in [2.75, 3.05) is 4.90 Å². The summed E-state index contributed by atoms with van der Waals surface area (Å²) in [5.41, 5.74) is 3.68. The highest BCUT2D eigenvalue weighted by molar-refractivity contribution is 5.81. The molecule has 0 aliphatic rings. The van der Waals surface area contributed by atoms with Gasteiger partial charge in [-0.05, 0) is 108 Å². The molecule has 0 saturated carbocycles. The first-order valence-corrected chi connectivity index (χ1v) is 13.2. The van der Waals surface area contributed by atoms with E-state index in [1.54, 1.807) is 72.8 Å². The number of rotatable bonds is 6. The van der Waals surface area contributed by atoms with Crippen molar-refractivity contribution in [2.24, 2.45) is 0 Å². The monoisotopic (exact) mass is 581 g/mol. The molecular formula is C36H21F6N. The fourth-order valence-electron chi connectivity index (χ4n) is 4.97. The van der Waals surface area contributed by atoms with E-state index in [0.717, 1.165) is 54.6 Å². The Balaban J connectivity index is 1.41. The van der Waals surface area contributed by atoms with Gasteiger partial charge in [0.25, 0.3) is 0 Å². The van der Waals surface area contributed by atoms with E-state index in [4.69, 9.17) is 0 Å². The van der Waals surface area contributed by atoms with Crippen molar-refractivity contribution in [3.8, 4) is 33.4 Å². The van der Waals surface area contributed by atoms with Crippen LogP contribution in [0.3, 0.4) is 0 Å². The van der Waals surface area contributed by atoms with E-state index in [1.165, 1.54) is 0 Å². The summed E-state index contributed by atoms with van der Waals surface area (Å²) in [5.74, 6) is -3.38. The third kappa shape index (κ3) is 5.75. The van der Waals surface area contributed by atoms with E-state index in [1.807, 2.05) is 4.90 Å². The smallest absolute Gasteiger partial charge is 0.131 e. The summed E-state index contributed by atoms with van der Waals surface area (Å²) in [7, 11) is 0. The third-order valence-electron chi connectivity index (χ3n) is 7.09. The summed E-state index contributed by atoms with van der Waals surface area (Å²) in [5, 5.41) is 0. The molecule has 1 nitrogen and oxygen atoms in total. The molecule has 0 spiro atoms. The van der Waals surface area contributed by atoms with Crippen LogP contribution in [0.5, 0.6) is 0 Å². The lowest BCUT2D eigenvalue weighted by Crippen LogP contribution is -2.10. The van der Waals surface area contributed by atoms with Gasteiger partial charge in [-0.15, -0.1) is 0 Å². The molecule has 6 aromatic carbocycles. The normalized spacial score (nSPS) is 11.0. The minimum atomic E-state index is -0.564. The summed E-state index contributed by atoms with van der Waals surface area (Å²) < 4.78 is 84.8. The van der Waals surface area contributed by atoms with Gasteiger partial charge in [0, 0.05) is 33.8 Å². The Labute approximate surface area is 243 Å². The summed E-state index contributed by atoms with van der Waals surface area (Å²) in [6.45, 7) is 0. The lowest BCUT2D eigenvalue weighted by molar-refractivity contribution is 0.603. The molecule has 0 aliphatic heterocycles. The third-order valence-corrected chi connectivity index (χ3v) is 7.09. The van der Waals surface area contributed by atoms with Crippen LogP contribution in [0.4, 0.5) is 43.4 Å². The topological polar surface area (TPSA) is 3.24 Å². The van der Waals surface area contributed by atoms with E-state index in [9.17, 15) is 26.3 Å². The largest absolute Gasteiger partial charge is 0.311 e. The zero-order valence-electron chi connectivity index (χ0n) is 22.3. The highest BCUT2D eigenvalue weighted by Gasteiger charge is 2.16. The van der Waals surface area contributed by atoms with Gasteiger partial charge >= 0.3 is 0 Å². The van der Waals surface area contributed by atoms with Crippen molar-refractivity contribution in [1.82, 2.24) is 0 Å². The average molecular weight is 582 g/mol. The fraction of sp³-hybridized carbons (Fsp3) is 0. The van der Waals surface area contributed by atoms with Gasteiger partial charge in [-0.2, -0.15) is 0 Å². The zero-order chi connectivity index (χ0) is 30.1. The number of hydrogen-bond acceptors (Lipinski definition) is 1. The maximum absolute atomic E-state index is 14.4. The Morgan fingerprint density at radius 2 is 0.558 bits per heavy atom. The van der Waals surface area contributed by atoms with Crippen molar-refractivity contribution in [3.63, 3.8) is 0 Å². The number of hydrogen-bond donors (Lipinski definition) is 0. The minimum absolute atomic E-state index is 0.112. The van der Waals surface area contributed by atoms with Crippen LogP contribution in [-0.2, 0) is 0 Å². The number of nitrogens with zero attached hydrogens (tertiary/aromatic N) is 1. The van der Waals surface area contributed by atoms with Crippen LogP contribution in [0.1, 0.15) is 0 Å². The standard InChI is InChI=1S/C36H21F6N/c37-25-7-16-34(40)31(19-25)22-1-10-28(11-2-22)43(29-12-3-23(4-13-29)32-20-26(38)8-17-35(32)41)30-14-5-24(6-15-30)33-21-27(39)9-18-36(33)42/h1-21H. The quantitative estimate of drug-likeness (QED) is 0.177. The Morgan fingerprint density at radius 3 is 0.814 bits per heavy atom. The van der Waals surface area contributed by atoms with Gasteiger partial charge < -0.3 is 4.90 Å². The zero-order valence-corrected chi connectivity index (χ0v) is 22.3. The predicted octanol–water partition coefficient (Wildman–Crippen LogP) is 11.0. The van der Waals surface area contributed by atoms with Crippen molar-refractivity contribution in [1.29, 1.82) is 0 Å². The van der Waals surface area contributed by atoms with Gasteiger partial charge in [0.15, 0.2) is 0 Å². The van der Waals surface area contributed by atoms with Crippen LogP contribution < -0.4 is 4.90 Å². The van der Waals surface area contributed by atoms with E-state index < -0.39 is 34.9 Å².